The van der Waals surface area contributed by atoms with Crippen molar-refractivity contribution in [2.24, 2.45) is 9.98 Å². The van der Waals surface area contributed by atoms with Crippen LogP contribution in [0, 0.1) is 0 Å². The van der Waals surface area contributed by atoms with E-state index in [1.54, 1.807) is 0 Å². The van der Waals surface area contributed by atoms with Crippen LogP contribution in [0.2, 0.25) is 0 Å². The first kappa shape index (κ1) is 28.0. The molecule has 186 valence electrons. The fourth-order valence-electron chi connectivity index (χ4n) is 4.32. The highest BCUT2D eigenvalue weighted by Crippen LogP contribution is 2.24. The van der Waals surface area contributed by atoms with Gasteiger partial charge in [0.05, 0.1) is 22.8 Å². The van der Waals surface area contributed by atoms with Gasteiger partial charge in [0.15, 0.2) is 0 Å². The minimum atomic E-state index is 0.992. The van der Waals surface area contributed by atoms with Crippen molar-refractivity contribution >= 4 is 22.8 Å². The molecule has 0 fully saturated rings. The summed E-state index contributed by atoms with van der Waals surface area (Å²) in [5, 5.41) is 0. The number of para-hydroxylation sites is 1. The Kier molecular flexibility index (Phi) is 14.2. The molecule has 0 radical (unpaired) electrons. The van der Waals surface area contributed by atoms with Crippen LogP contribution in [-0.4, -0.2) is 11.4 Å². The summed E-state index contributed by atoms with van der Waals surface area (Å²) in [7, 11) is 0. The summed E-state index contributed by atoms with van der Waals surface area (Å²) in [4.78, 5) is 10.3. The van der Waals surface area contributed by atoms with Crippen molar-refractivity contribution in [1.82, 2.24) is 0 Å². The van der Waals surface area contributed by atoms with Gasteiger partial charge >= 0.3 is 0 Å². The lowest BCUT2D eigenvalue weighted by Gasteiger charge is -2.13. The second-order valence-corrected chi connectivity index (χ2v) is 9.53. The van der Waals surface area contributed by atoms with Crippen LogP contribution in [0.3, 0.4) is 0 Å². The van der Waals surface area contributed by atoms with Crippen LogP contribution in [0.15, 0.2) is 58.5 Å². The molecular formula is C32H48N2. The summed E-state index contributed by atoms with van der Waals surface area (Å²) in [6.45, 7) is 9.08. The van der Waals surface area contributed by atoms with E-state index >= 15 is 0 Å². The van der Waals surface area contributed by atoms with Crippen molar-refractivity contribution in [2.75, 3.05) is 0 Å². The molecule has 0 amide bonds. The maximum Gasteiger partial charge on any atom is 0.0636 e. The Bertz CT molecular complexity index is 864. The number of aliphatic imine (C=N–C) groups is 2. The van der Waals surface area contributed by atoms with Gasteiger partial charge in [-0.05, 0) is 86.8 Å². The Morgan fingerprint density at radius 3 is 1.62 bits per heavy atom. The molecule has 0 spiro atoms. The third kappa shape index (κ3) is 10.4. The highest BCUT2D eigenvalue weighted by molar-refractivity contribution is 6.43. The van der Waals surface area contributed by atoms with Gasteiger partial charge in [-0.15, -0.1) is 0 Å². The molecule has 0 bridgehead atoms. The van der Waals surface area contributed by atoms with Gasteiger partial charge in [0, 0.05) is 0 Å². The van der Waals surface area contributed by atoms with Crippen LogP contribution in [0.5, 0.6) is 0 Å². The van der Waals surface area contributed by atoms with E-state index in [4.69, 9.17) is 9.98 Å². The molecule has 0 unspecified atom stereocenters. The number of hydrogen-bond donors (Lipinski definition) is 0. The Labute approximate surface area is 210 Å². The number of aryl methyl sites for hydroxylation is 2. The quantitative estimate of drug-likeness (QED) is 0.166. The van der Waals surface area contributed by atoms with Crippen LogP contribution in [0.1, 0.15) is 116 Å². The second-order valence-electron chi connectivity index (χ2n) is 9.53. The molecular weight excluding hydrogens is 412 g/mol. The lowest BCUT2D eigenvalue weighted by Crippen LogP contribution is -2.14. The zero-order valence-corrected chi connectivity index (χ0v) is 22.4. The monoisotopic (exact) mass is 460 g/mol. The van der Waals surface area contributed by atoms with Gasteiger partial charge in [0.2, 0.25) is 0 Å². The molecule has 0 aliphatic rings. The minimum Gasteiger partial charge on any atom is -0.252 e. The lowest BCUT2D eigenvalue weighted by atomic mass is 9.96. The van der Waals surface area contributed by atoms with Crippen LogP contribution < -0.4 is 0 Å². The average Bonchev–Trinajstić information content (AvgIpc) is 2.86. The zero-order valence-electron chi connectivity index (χ0n) is 22.4. The molecule has 0 saturated carbocycles. The van der Waals surface area contributed by atoms with Crippen LogP contribution in [0.25, 0.3) is 0 Å². The summed E-state index contributed by atoms with van der Waals surface area (Å²) in [5.74, 6) is 0. The minimum absolute atomic E-state index is 0.992. The van der Waals surface area contributed by atoms with E-state index < -0.39 is 0 Å². The molecule has 0 atom stereocenters. The molecule has 2 aromatic carbocycles. The van der Waals surface area contributed by atoms with Gasteiger partial charge < -0.3 is 0 Å². The molecule has 0 aliphatic carbocycles. The number of hydrogen-bond acceptors (Lipinski definition) is 2. The van der Waals surface area contributed by atoms with Crippen molar-refractivity contribution in [2.45, 2.75) is 118 Å². The first-order valence-electron chi connectivity index (χ1n) is 14.0. The summed E-state index contributed by atoms with van der Waals surface area (Å²) in [6, 6.07) is 17.4. The highest BCUT2D eigenvalue weighted by atomic mass is 14.8. The Morgan fingerprint density at radius 2 is 1.06 bits per heavy atom. The van der Waals surface area contributed by atoms with Crippen LogP contribution in [-0.2, 0) is 12.8 Å². The van der Waals surface area contributed by atoms with E-state index in [1.165, 1.54) is 86.8 Å². The SMILES string of the molecule is CCCCCc1ccc(N=C(CCCC)C(CCCC)=Nc2ccccc2)cc1CCCCC. The molecule has 34 heavy (non-hydrogen) atoms. The van der Waals surface area contributed by atoms with E-state index in [0.29, 0.717) is 0 Å². The Morgan fingerprint density at radius 1 is 0.529 bits per heavy atom. The second kappa shape index (κ2) is 17.2. The molecule has 0 heterocycles. The highest BCUT2D eigenvalue weighted by Gasteiger charge is 2.11. The van der Waals surface area contributed by atoms with Crippen molar-refractivity contribution in [3.8, 4) is 0 Å². The first-order chi connectivity index (χ1) is 16.7. The summed E-state index contributed by atoms with van der Waals surface area (Å²) >= 11 is 0. The van der Waals surface area contributed by atoms with Gasteiger partial charge in [-0.2, -0.15) is 0 Å². The predicted molar refractivity (Wildman–Crippen MR) is 153 cm³/mol. The van der Waals surface area contributed by atoms with E-state index in [1.807, 2.05) is 0 Å². The topological polar surface area (TPSA) is 24.7 Å². The molecule has 2 heteroatoms. The molecule has 0 saturated heterocycles. The van der Waals surface area contributed by atoms with E-state index in [-0.39, 0.29) is 0 Å². The molecule has 0 aromatic heterocycles. The molecule has 2 aromatic rings. The number of benzene rings is 2. The van der Waals surface area contributed by atoms with Gasteiger partial charge in [0.25, 0.3) is 0 Å². The summed E-state index contributed by atoms with van der Waals surface area (Å²) < 4.78 is 0. The van der Waals surface area contributed by atoms with Gasteiger partial charge in [-0.3, -0.25) is 9.98 Å². The Hall–Kier alpha value is -2.22. The summed E-state index contributed by atoms with van der Waals surface area (Å²) in [6.07, 6.45) is 16.7. The zero-order chi connectivity index (χ0) is 24.4. The van der Waals surface area contributed by atoms with Gasteiger partial charge in [-0.1, -0.05) is 90.5 Å². The number of rotatable bonds is 17. The van der Waals surface area contributed by atoms with Crippen LogP contribution >= 0.6 is 0 Å². The third-order valence-corrected chi connectivity index (χ3v) is 6.44. The van der Waals surface area contributed by atoms with Crippen molar-refractivity contribution in [1.29, 1.82) is 0 Å². The predicted octanol–water partition coefficient (Wildman–Crippen LogP) is 10.4. The standard InChI is InChI=1S/C32H48N2/c1-5-9-14-18-27-24-25-30(26-28(27)19-15-10-6-2)34-32(23-12-8-4)31(22-11-7-3)33-29-20-16-13-17-21-29/h13,16-17,20-21,24-26H,5-12,14-15,18-19,22-23H2,1-4H3. The van der Waals surface area contributed by atoms with Gasteiger partial charge in [0.1, 0.15) is 0 Å². The fraction of sp³-hybridized carbons (Fsp3) is 0.562. The van der Waals surface area contributed by atoms with Crippen molar-refractivity contribution in [3.05, 3.63) is 59.7 Å². The maximum atomic E-state index is 5.26. The molecule has 0 N–H and O–H groups in total. The Balaban J connectivity index is 2.41. The maximum absolute atomic E-state index is 5.26. The van der Waals surface area contributed by atoms with E-state index in [2.05, 4.69) is 76.2 Å². The molecule has 2 rings (SSSR count). The van der Waals surface area contributed by atoms with Crippen molar-refractivity contribution < 1.29 is 0 Å². The fourth-order valence-corrected chi connectivity index (χ4v) is 4.32. The molecule has 2 nitrogen and oxygen atoms in total. The first-order valence-corrected chi connectivity index (χ1v) is 14.0. The summed E-state index contributed by atoms with van der Waals surface area (Å²) in [5.41, 5.74) is 7.52. The number of unbranched alkanes of at least 4 members (excludes halogenated alkanes) is 6. The smallest absolute Gasteiger partial charge is 0.0636 e. The van der Waals surface area contributed by atoms with Crippen molar-refractivity contribution in [3.63, 3.8) is 0 Å². The largest absolute Gasteiger partial charge is 0.252 e. The van der Waals surface area contributed by atoms with Gasteiger partial charge in [-0.25, -0.2) is 0 Å². The molecule has 0 aliphatic heterocycles. The van der Waals surface area contributed by atoms with E-state index in [9.17, 15) is 0 Å². The average molecular weight is 461 g/mol. The third-order valence-electron chi connectivity index (χ3n) is 6.44. The normalized spacial score (nSPS) is 12.4. The van der Waals surface area contributed by atoms with Crippen LogP contribution in [0.4, 0.5) is 11.4 Å². The lowest BCUT2D eigenvalue weighted by molar-refractivity contribution is 0.693. The number of nitrogens with zero attached hydrogens (tertiary/aromatic N) is 2. The van der Waals surface area contributed by atoms with E-state index in [0.717, 1.165) is 37.1 Å².